The van der Waals surface area contributed by atoms with Gasteiger partial charge in [0.05, 0.1) is 25.3 Å². The number of aryl methyl sites for hydroxylation is 1. The van der Waals surface area contributed by atoms with Crippen molar-refractivity contribution < 1.29 is 13.9 Å². The molecule has 0 radical (unpaired) electrons. The summed E-state index contributed by atoms with van der Waals surface area (Å²) in [5, 5.41) is 3.21. The van der Waals surface area contributed by atoms with E-state index in [2.05, 4.69) is 28.4 Å². The van der Waals surface area contributed by atoms with Gasteiger partial charge in [0.15, 0.2) is 0 Å². The summed E-state index contributed by atoms with van der Waals surface area (Å²) in [6, 6.07) is 14.9. The maximum Gasteiger partial charge on any atom is 0.234 e. The van der Waals surface area contributed by atoms with E-state index in [4.69, 9.17) is 4.74 Å². The Balaban J connectivity index is 1.35. The van der Waals surface area contributed by atoms with Gasteiger partial charge in [0.25, 0.3) is 0 Å². The van der Waals surface area contributed by atoms with Crippen molar-refractivity contribution in [2.24, 2.45) is 0 Å². The van der Waals surface area contributed by atoms with Gasteiger partial charge in [-0.3, -0.25) is 9.69 Å². The molecule has 0 spiro atoms. The van der Waals surface area contributed by atoms with E-state index in [1.165, 1.54) is 23.3 Å². The van der Waals surface area contributed by atoms with Gasteiger partial charge < -0.3 is 10.1 Å². The number of ether oxygens (including phenoxy) is 1. The summed E-state index contributed by atoms with van der Waals surface area (Å²) < 4.78 is 18.9. The van der Waals surface area contributed by atoms with Gasteiger partial charge in [0, 0.05) is 13.1 Å². The van der Waals surface area contributed by atoms with Gasteiger partial charge in [0.2, 0.25) is 5.91 Å². The Hall–Kier alpha value is -2.24. The summed E-state index contributed by atoms with van der Waals surface area (Å²) in [6.07, 6.45) is 3.06. The predicted molar refractivity (Wildman–Crippen MR) is 102 cm³/mol. The second-order valence-corrected chi connectivity index (χ2v) is 7.36. The van der Waals surface area contributed by atoms with Crippen LogP contribution < -0.4 is 5.32 Å². The quantitative estimate of drug-likeness (QED) is 0.899. The van der Waals surface area contributed by atoms with Crippen molar-refractivity contribution in [1.82, 2.24) is 10.2 Å². The fourth-order valence-corrected chi connectivity index (χ4v) is 4.07. The standard InChI is InChI=1S/C22H25FN2O2/c23-18-10-8-17(9-11-18)21-14-25(12-13-27-21)15-22(26)24-20-7-3-5-16-4-1-2-6-19(16)20/h1-2,4,6,8-11,20-21H,3,5,7,12-15H2,(H,24,26). The first-order chi connectivity index (χ1) is 13.2. The molecule has 1 aliphatic heterocycles. The third-order valence-corrected chi connectivity index (χ3v) is 5.46. The van der Waals surface area contributed by atoms with E-state index in [0.29, 0.717) is 19.7 Å². The van der Waals surface area contributed by atoms with Gasteiger partial charge in [-0.05, 0) is 48.1 Å². The zero-order chi connectivity index (χ0) is 18.6. The van der Waals surface area contributed by atoms with Crippen LogP contribution in [0.25, 0.3) is 0 Å². The molecule has 1 aliphatic carbocycles. The lowest BCUT2D eigenvalue weighted by molar-refractivity contribution is -0.125. The molecule has 1 N–H and O–H groups in total. The molecule has 4 nitrogen and oxygen atoms in total. The molecule has 2 aromatic carbocycles. The topological polar surface area (TPSA) is 41.6 Å². The first-order valence-electron chi connectivity index (χ1n) is 9.65. The van der Waals surface area contributed by atoms with E-state index in [0.717, 1.165) is 31.4 Å². The highest BCUT2D eigenvalue weighted by atomic mass is 19.1. The monoisotopic (exact) mass is 368 g/mol. The molecule has 2 atom stereocenters. The summed E-state index contributed by atoms with van der Waals surface area (Å²) in [4.78, 5) is 14.7. The molecule has 2 unspecified atom stereocenters. The number of hydrogen-bond donors (Lipinski definition) is 1. The van der Waals surface area contributed by atoms with Crippen LogP contribution in [0.5, 0.6) is 0 Å². The molecule has 4 rings (SSSR count). The van der Waals surface area contributed by atoms with Crippen molar-refractivity contribution in [1.29, 1.82) is 0 Å². The lowest BCUT2D eigenvalue weighted by atomic mass is 9.88. The highest BCUT2D eigenvalue weighted by Gasteiger charge is 2.26. The molecule has 142 valence electrons. The number of fused-ring (bicyclic) bond motifs is 1. The molecule has 27 heavy (non-hydrogen) atoms. The number of nitrogens with one attached hydrogen (secondary N) is 1. The van der Waals surface area contributed by atoms with Gasteiger partial charge >= 0.3 is 0 Å². The van der Waals surface area contributed by atoms with Crippen LogP contribution in [-0.2, 0) is 16.0 Å². The van der Waals surface area contributed by atoms with Gasteiger partial charge in [0.1, 0.15) is 5.82 Å². The normalized spacial score (nSPS) is 22.9. The zero-order valence-corrected chi connectivity index (χ0v) is 15.4. The van der Waals surface area contributed by atoms with Gasteiger partial charge in [-0.15, -0.1) is 0 Å². The van der Waals surface area contributed by atoms with Crippen LogP contribution in [0.4, 0.5) is 4.39 Å². The molecule has 0 bridgehead atoms. The molecule has 2 aliphatic rings. The molecular formula is C22H25FN2O2. The molecule has 2 aromatic rings. The van der Waals surface area contributed by atoms with Gasteiger partial charge in [-0.1, -0.05) is 36.4 Å². The van der Waals surface area contributed by atoms with Gasteiger partial charge in [-0.2, -0.15) is 0 Å². The predicted octanol–water partition coefficient (Wildman–Crippen LogP) is 3.39. The Morgan fingerprint density at radius 3 is 2.85 bits per heavy atom. The Morgan fingerprint density at radius 2 is 2.00 bits per heavy atom. The highest BCUT2D eigenvalue weighted by Crippen LogP contribution is 2.29. The highest BCUT2D eigenvalue weighted by molar-refractivity contribution is 5.78. The number of morpholine rings is 1. The summed E-state index contributed by atoms with van der Waals surface area (Å²) in [7, 11) is 0. The third-order valence-electron chi connectivity index (χ3n) is 5.46. The minimum atomic E-state index is -0.251. The van der Waals surface area contributed by atoms with Crippen LogP contribution in [0, 0.1) is 5.82 Å². The second kappa shape index (κ2) is 8.19. The fraction of sp³-hybridized carbons (Fsp3) is 0.409. The molecule has 1 saturated heterocycles. The molecule has 1 fully saturated rings. The number of hydrogen-bond acceptors (Lipinski definition) is 3. The summed E-state index contributed by atoms with van der Waals surface area (Å²) in [6.45, 7) is 2.30. The fourth-order valence-electron chi connectivity index (χ4n) is 4.07. The van der Waals surface area contributed by atoms with E-state index in [1.807, 2.05) is 6.07 Å². The van der Waals surface area contributed by atoms with Crippen molar-refractivity contribution in [2.75, 3.05) is 26.2 Å². The van der Waals surface area contributed by atoms with Gasteiger partial charge in [-0.25, -0.2) is 4.39 Å². The SMILES string of the molecule is O=C(CN1CCOC(c2ccc(F)cc2)C1)NC1CCCc2ccccc21. The average molecular weight is 368 g/mol. The summed E-state index contributed by atoms with van der Waals surface area (Å²) in [5.74, 6) is -0.199. The maximum atomic E-state index is 13.1. The maximum absolute atomic E-state index is 13.1. The number of carbonyl (C=O) groups is 1. The lowest BCUT2D eigenvalue weighted by Crippen LogP contribution is -2.45. The van der Waals surface area contributed by atoms with Crippen LogP contribution in [0.3, 0.4) is 0 Å². The van der Waals surface area contributed by atoms with Crippen LogP contribution in [0.15, 0.2) is 48.5 Å². The summed E-state index contributed by atoms with van der Waals surface area (Å²) in [5.41, 5.74) is 3.54. The van der Waals surface area contributed by atoms with Crippen LogP contribution >= 0.6 is 0 Å². The molecular weight excluding hydrogens is 343 g/mol. The molecule has 0 aromatic heterocycles. The van der Waals surface area contributed by atoms with Crippen molar-refractivity contribution in [3.05, 3.63) is 71.0 Å². The van der Waals surface area contributed by atoms with Crippen LogP contribution in [0.1, 0.15) is 41.7 Å². The van der Waals surface area contributed by atoms with E-state index in [1.54, 1.807) is 12.1 Å². The molecule has 1 amide bonds. The number of halogens is 1. The lowest BCUT2D eigenvalue weighted by Gasteiger charge is -2.33. The number of benzene rings is 2. The van der Waals surface area contributed by atoms with E-state index < -0.39 is 0 Å². The molecule has 1 heterocycles. The largest absolute Gasteiger partial charge is 0.371 e. The second-order valence-electron chi connectivity index (χ2n) is 7.36. The van der Waals surface area contributed by atoms with Crippen molar-refractivity contribution in [3.8, 4) is 0 Å². The minimum absolute atomic E-state index is 0.0523. The smallest absolute Gasteiger partial charge is 0.234 e. The first kappa shape index (κ1) is 18.1. The van der Waals surface area contributed by atoms with Crippen molar-refractivity contribution in [3.63, 3.8) is 0 Å². The Morgan fingerprint density at radius 1 is 1.19 bits per heavy atom. The van der Waals surface area contributed by atoms with Crippen molar-refractivity contribution >= 4 is 5.91 Å². The molecule has 5 heteroatoms. The number of rotatable bonds is 4. The van der Waals surface area contributed by atoms with Crippen LogP contribution in [-0.4, -0.2) is 37.0 Å². The van der Waals surface area contributed by atoms with E-state index >= 15 is 0 Å². The first-order valence-corrected chi connectivity index (χ1v) is 9.65. The van der Waals surface area contributed by atoms with E-state index in [9.17, 15) is 9.18 Å². The zero-order valence-electron chi connectivity index (χ0n) is 15.4. The Kier molecular flexibility index (Phi) is 5.50. The van der Waals surface area contributed by atoms with E-state index in [-0.39, 0.29) is 23.9 Å². The minimum Gasteiger partial charge on any atom is -0.371 e. The Bertz CT molecular complexity index is 793. The van der Waals surface area contributed by atoms with Crippen LogP contribution in [0.2, 0.25) is 0 Å². The van der Waals surface area contributed by atoms with Crippen molar-refractivity contribution in [2.45, 2.75) is 31.4 Å². The average Bonchev–Trinajstić information content (AvgIpc) is 2.69. The number of carbonyl (C=O) groups excluding carboxylic acids is 1. The number of amides is 1. The number of nitrogens with zero attached hydrogens (tertiary/aromatic N) is 1. The Labute approximate surface area is 159 Å². The molecule has 0 saturated carbocycles. The third kappa shape index (κ3) is 4.37. The summed E-state index contributed by atoms with van der Waals surface area (Å²) >= 11 is 0.